The van der Waals surface area contributed by atoms with Gasteiger partial charge in [-0.15, -0.1) is 0 Å². The number of primary amides is 1. The van der Waals surface area contributed by atoms with Gasteiger partial charge in [-0.1, -0.05) is 30.3 Å². The van der Waals surface area contributed by atoms with Crippen LogP contribution >= 0.6 is 0 Å². The lowest BCUT2D eigenvalue weighted by Gasteiger charge is -2.17. The molecule has 22 heavy (non-hydrogen) atoms. The van der Waals surface area contributed by atoms with Crippen molar-refractivity contribution in [2.75, 3.05) is 6.61 Å². The van der Waals surface area contributed by atoms with E-state index in [9.17, 15) is 14.4 Å². The molecule has 1 aromatic rings. The third-order valence-corrected chi connectivity index (χ3v) is 2.78. The van der Waals surface area contributed by atoms with Gasteiger partial charge in [0.25, 0.3) is 0 Å². The summed E-state index contributed by atoms with van der Waals surface area (Å²) < 4.78 is 4.96. The van der Waals surface area contributed by atoms with E-state index in [0.29, 0.717) is 0 Å². The number of hydrogen-bond acceptors (Lipinski definition) is 5. The second kappa shape index (κ2) is 8.63. The van der Waals surface area contributed by atoms with E-state index in [1.165, 1.54) is 6.92 Å². The maximum absolute atomic E-state index is 11.7. The fraction of sp³-hybridized carbons (Fsp3) is 0.357. The van der Waals surface area contributed by atoms with Crippen molar-refractivity contribution in [3.05, 3.63) is 35.9 Å². The summed E-state index contributed by atoms with van der Waals surface area (Å²) in [7, 11) is 0. The van der Waals surface area contributed by atoms with Crippen LogP contribution in [0, 0.1) is 0 Å². The number of rotatable bonds is 7. The molecule has 8 nitrogen and oxygen atoms in total. The minimum Gasteiger partial charge on any atom is -0.445 e. The first kappa shape index (κ1) is 17.4. The van der Waals surface area contributed by atoms with Gasteiger partial charge in [0.1, 0.15) is 18.7 Å². The summed E-state index contributed by atoms with van der Waals surface area (Å²) in [5.74, 6) is -1.52. The molecule has 0 fully saturated rings. The van der Waals surface area contributed by atoms with Crippen LogP contribution in [-0.4, -0.2) is 41.7 Å². The van der Waals surface area contributed by atoms with Gasteiger partial charge in [-0.3, -0.25) is 9.59 Å². The van der Waals surface area contributed by atoms with Gasteiger partial charge in [0.2, 0.25) is 11.8 Å². The van der Waals surface area contributed by atoms with E-state index in [1.54, 1.807) is 12.1 Å². The van der Waals surface area contributed by atoms with Gasteiger partial charge in [-0.2, -0.15) is 0 Å². The van der Waals surface area contributed by atoms with Gasteiger partial charge in [-0.05, 0) is 12.5 Å². The van der Waals surface area contributed by atoms with Gasteiger partial charge in [-0.25, -0.2) is 4.79 Å². The molecule has 0 saturated heterocycles. The van der Waals surface area contributed by atoms with E-state index < -0.39 is 36.6 Å². The average molecular weight is 309 g/mol. The standard InChI is InChI=1S/C14H19N3O5/c1-9(13(20)17-11(7-18)12(15)19)16-14(21)22-8-10-5-3-2-4-6-10/h2-6,9,11,18H,7-8H2,1H3,(H2,15,19)(H,16,21)(H,17,20)/t9-,11-/m0/s1. The zero-order valence-electron chi connectivity index (χ0n) is 12.1. The minimum atomic E-state index is -1.20. The molecule has 1 aromatic carbocycles. The lowest BCUT2D eigenvalue weighted by molar-refractivity contribution is -0.129. The van der Waals surface area contributed by atoms with Crippen LogP contribution in [-0.2, 0) is 20.9 Å². The van der Waals surface area contributed by atoms with Crippen LogP contribution in [0.1, 0.15) is 12.5 Å². The Labute approximate surface area is 127 Å². The van der Waals surface area contributed by atoms with Gasteiger partial charge < -0.3 is 26.2 Å². The Hall–Kier alpha value is -2.61. The molecular weight excluding hydrogens is 290 g/mol. The molecule has 0 heterocycles. The maximum atomic E-state index is 11.7. The summed E-state index contributed by atoms with van der Waals surface area (Å²) in [4.78, 5) is 34.2. The van der Waals surface area contributed by atoms with Crippen molar-refractivity contribution in [2.45, 2.75) is 25.6 Å². The largest absolute Gasteiger partial charge is 0.445 e. The average Bonchev–Trinajstić information content (AvgIpc) is 2.50. The van der Waals surface area contributed by atoms with Crippen molar-refractivity contribution in [1.82, 2.24) is 10.6 Å². The highest BCUT2D eigenvalue weighted by atomic mass is 16.5. The third-order valence-electron chi connectivity index (χ3n) is 2.78. The predicted octanol–water partition coefficient (Wildman–Crippen LogP) is -0.736. The zero-order chi connectivity index (χ0) is 16.5. The molecule has 3 amide bonds. The molecule has 0 aliphatic rings. The normalized spacial score (nSPS) is 12.8. The Balaban J connectivity index is 2.39. The van der Waals surface area contributed by atoms with Crippen LogP contribution in [0.5, 0.6) is 0 Å². The van der Waals surface area contributed by atoms with E-state index in [2.05, 4.69) is 10.6 Å². The van der Waals surface area contributed by atoms with Crippen LogP contribution in [0.2, 0.25) is 0 Å². The predicted molar refractivity (Wildman–Crippen MR) is 77.4 cm³/mol. The fourth-order valence-corrected chi connectivity index (χ4v) is 1.51. The van der Waals surface area contributed by atoms with E-state index in [0.717, 1.165) is 5.56 Å². The van der Waals surface area contributed by atoms with Crippen LogP contribution in [0.25, 0.3) is 0 Å². The molecule has 0 saturated carbocycles. The van der Waals surface area contributed by atoms with Crippen LogP contribution in [0.15, 0.2) is 30.3 Å². The maximum Gasteiger partial charge on any atom is 0.408 e. The Morgan fingerprint density at radius 3 is 2.41 bits per heavy atom. The molecule has 0 radical (unpaired) electrons. The summed E-state index contributed by atoms with van der Waals surface area (Å²) in [5.41, 5.74) is 5.79. The monoisotopic (exact) mass is 309 g/mol. The quantitative estimate of drug-likeness (QED) is 0.527. The summed E-state index contributed by atoms with van der Waals surface area (Å²) in [6, 6.07) is 6.90. The number of ether oxygens (including phenoxy) is 1. The fourth-order valence-electron chi connectivity index (χ4n) is 1.51. The van der Waals surface area contributed by atoms with E-state index in [1.807, 2.05) is 18.2 Å². The first-order chi connectivity index (χ1) is 10.4. The second-order valence-corrected chi connectivity index (χ2v) is 4.57. The van der Waals surface area contributed by atoms with Gasteiger partial charge >= 0.3 is 6.09 Å². The number of amides is 3. The Morgan fingerprint density at radius 1 is 1.23 bits per heavy atom. The van der Waals surface area contributed by atoms with Crippen molar-refractivity contribution >= 4 is 17.9 Å². The molecule has 120 valence electrons. The minimum absolute atomic E-state index is 0.0710. The first-order valence-corrected chi connectivity index (χ1v) is 6.61. The van der Waals surface area contributed by atoms with Crippen LogP contribution < -0.4 is 16.4 Å². The number of nitrogens with two attached hydrogens (primary N) is 1. The van der Waals surface area contributed by atoms with Gasteiger partial charge in [0, 0.05) is 0 Å². The topological polar surface area (TPSA) is 131 Å². The lowest BCUT2D eigenvalue weighted by atomic mass is 10.2. The molecule has 0 aromatic heterocycles. The molecule has 5 N–H and O–H groups in total. The number of aliphatic hydroxyl groups excluding tert-OH is 1. The Kier molecular flexibility index (Phi) is 6.84. The van der Waals surface area contributed by atoms with Crippen LogP contribution in [0.4, 0.5) is 4.79 Å². The number of carbonyl (C=O) groups is 3. The van der Waals surface area contributed by atoms with Crippen LogP contribution in [0.3, 0.4) is 0 Å². The molecule has 0 unspecified atom stereocenters. The summed E-state index contributed by atoms with van der Waals surface area (Å²) >= 11 is 0. The highest BCUT2D eigenvalue weighted by molar-refractivity contribution is 5.90. The molecule has 0 aliphatic carbocycles. The highest BCUT2D eigenvalue weighted by Crippen LogP contribution is 2.00. The van der Waals surface area contributed by atoms with Gasteiger partial charge in [0.15, 0.2) is 0 Å². The number of nitrogens with one attached hydrogen (secondary N) is 2. The van der Waals surface area contributed by atoms with Crippen molar-refractivity contribution in [2.24, 2.45) is 5.73 Å². The zero-order valence-corrected chi connectivity index (χ0v) is 12.1. The van der Waals surface area contributed by atoms with Crippen molar-refractivity contribution in [1.29, 1.82) is 0 Å². The summed E-state index contributed by atoms with van der Waals surface area (Å²) in [5, 5.41) is 13.4. The number of benzene rings is 1. The summed E-state index contributed by atoms with van der Waals surface area (Å²) in [6.07, 6.45) is -0.772. The smallest absolute Gasteiger partial charge is 0.408 e. The van der Waals surface area contributed by atoms with E-state index in [4.69, 9.17) is 15.6 Å². The molecule has 0 aliphatic heterocycles. The van der Waals surface area contributed by atoms with Gasteiger partial charge in [0.05, 0.1) is 6.61 Å². The highest BCUT2D eigenvalue weighted by Gasteiger charge is 2.22. The summed E-state index contributed by atoms with van der Waals surface area (Å²) in [6.45, 7) is 0.863. The SMILES string of the molecule is C[C@H](NC(=O)OCc1ccccc1)C(=O)N[C@@H](CO)C(N)=O. The molecule has 1 rings (SSSR count). The number of alkyl carbamates (subject to hydrolysis) is 1. The molecule has 2 atom stereocenters. The number of carbonyl (C=O) groups excluding carboxylic acids is 3. The van der Waals surface area contributed by atoms with E-state index in [-0.39, 0.29) is 6.61 Å². The Morgan fingerprint density at radius 2 is 1.86 bits per heavy atom. The van der Waals surface area contributed by atoms with Crippen molar-refractivity contribution in [3.8, 4) is 0 Å². The third kappa shape index (κ3) is 5.80. The van der Waals surface area contributed by atoms with Crippen molar-refractivity contribution < 1.29 is 24.2 Å². The molecule has 0 spiro atoms. The second-order valence-electron chi connectivity index (χ2n) is 4.57. The van der Waals surface area contributed by atoms with E-state index >= 15 is 0 Å². The van der Waals surface area contributed by atoms with Crippen molar-refractivity contribution in [3.63, 3.8) is 0 Å². The molecule has 8 heteroatoms. The number of aliphatic hydroxyl groups is 1. The molecular formula is C14H19N3O5. The first-order valence-electron chi connectivity index (χ1n) is 6.61. The number of hydrogen-bond donors (Lipinski definition) is 4. The Bertz CT molecular complexity index is 520. The molecule has 0 bridgehead atoms. The lowest BCUT2D eigenvalue weighted by Crippen LogP contribution is -2.53.